The van der Waals surface area contributed by atoms with Crippen LogP contribution in [0.3, 0.4) is 0 Å². The van der Waals surface area contributed by atoms with Crippen LogP contribution in [0.4, 0.5) is 11.4 Å². The minimum absolute atomic E-state index is 0.323. The Hall–Kier alpha value is -2.62. The number of carbonyl (C=O) groups is 2. The van der Waals surface area contributed by atoms with Gasteiger partial charge in [-0.15, -0.1) is 0 Å². The number of amides is 2. The first-order valence-corrected chi connectivity index (χ1v) is 8.41. The predicted molar refractivity (Wildman–Crippen MR) is 96.3 cm³/mol. The van der Waals surface area contributed by atoms with Crippen LogP contribution in [0.25, 0.3) is 0 Å². The summed E-state index contributed by atoms with van der Waals surface area (Å²) in [6.07, 6.45) is 1.76. The Balaban J connectivity index is 1.78. The molecule has 0 spiro atoms. The first-order valence-electron chi connectivity index (χ1n) is 8.41. The Kier molecular flexibility index (Phi) is 4.65. The largest absolute Gasteiger partial charge is 0.318 e. The summed E-state index contributed by atoms with van der Waals surface area (Å²) in [4.78, 5) is 26.6. The van der Waals surface area contributed by atoms with Gasteiger partial charge in [-0.05, 0) is 42.0 Å². The minimum Gasteiger partial charge on any atom is -0.318 e. The van der Waals surface area contributed by atoms with Gasteiger partial charge in [0, 0.05) is 17.9 Å². The summed E-state index contributed by atoms with van der Waals surface area (Å²) in [7, 11) is 0. The van der Waals surface area contributed by atoms with Crippen molar-refractivity contribution in [3.63, 3.8) is 0 Å². The zero-order valence-corrected chi connectivity index (χ0v) is 14.1. The van der Waals surface area contributed by atoms with Crippen LogP contribution in [0, 0.1) is 0 Å². The molecule has 0 saturated carbocycles. The summed E-state index contributed by atoms with van der Waals surface area (Å²) in [5.41, 5.74) is 3.73. The summed E-state index contributed by atoms with van der Waals surface area (Å²) < 4.78 is 0. The molecule has 0 saturated heterocycles. The van der Waals surface area contributed by atoms with Crippen LogP contribution in [0.2, 0.25) is 0 Å². The van der Waals surface area contributed by atoms with Crippen LogP contribution in [0.5, 0.6) is 0 Å². The van der Waals surface area contributed by atoms with Crippen molar-refractivity contribution in [1.29, 1.82) is 0 Å². The molecule has 0 radical (unpaired) electrons. The molecule has 4 heteroatoms. The van der Waals surface area contributed by atoms with Gasteiger partial charge in [0.15, 0.2) is 0 Å². The van der Waals surface area contributed by atoms with Gasteiger partial charge < -0.3 is 10.2 Å². The zero-order chi connectivity index (χ0) is 17.1. The van der Waals surface area contributed by atoms with E-state index in [1.54, 1.807) is 4.90 Å². The first kappa shape index (κ1) is 16.2. The van der Waals surface area contributed by atoms with E-state index in [4.69, 9.17) is 0 Å². The second-order valence-corrected chi connectivity index (χ2v) is 6.19. The quantitative estimate of drug-likeness (QED) is 0.875. The molecule has 1 atom stereocenters. The molecule has 4 nitrogen and oxygen atoms in total. The number of benzene rings is 2. The lowest BCUT2D eigenvalue weighted by Gasteiger charge is -2.19. The van der Waals surface area contributed by atoms with Crippen LogP contribution in [-0.2, 0) is 16.0 Å². The smallest absolute Gasteiger partial charge is 0.316 e. The fraction of sp³-hybridized carbons (Fsp3) is 0.300. The van der Waals surface area contributed by atoms with Crippen molar-refractivity contribution in [2.75, 3.05) is 16.8 Å². The number of rotatable bonds is 3. The molecule has 3 rings (SSSR count). The first-order chi connectivity index (χ1) is 11.6. The van der Waals surface area contributed by atoms with E-state index in [2.05, 4.69) is 19.2 Å². The normalized spacial score (nSPS) is 14.2. The topological polar surface area (TPSA) is 49.4 Å². The number of anilines is 2. The van der Waals surface area contributed by atoms with Crippen LogP contribution in [0.1, 0.15) is 37.3 Å². The second-order valence-electron chi connectivity index (χ2n) is 6.19. The lowest BCUT2D eigenvalue weighted by molar-refractivity contribution is -0.134. The summed E-state index contributed by atoms with van der Waals surface area (Å²) in [5.74, 6) is -0.759. The molecular formula is C20H22N2O2. The molecule has 0 aliphatic carbocycles. The van der Waals surface area contributed by atoms with E-state index < -0.39 is 11.8 Å². The molecule has 1 aliphatic rings. The van der Waals surface area contributed by atoms with E-state index >= 15 is 0 Å². The van der Waals surface area contributed by atoms with Gasteiger partial charge >= 0.3 is 11.8 Å². The van der Waals surface area contributed by atoms with Gasteiger partial charge in [0.25, 0.3) is 0 Å². The third-order valence-corrected chi connectivity index (χ3v) is 4.68. The third-order valence-electron chi connectivity index (χ3n) is 4.68. The Morgan fingerprint density at radius 2 is 1.83 bits per heavy atom. The Morgan fingerprint density at radius 1 is 1.12 bits per heavy atom. The number of fused-ring (bicyclic) bond motifs is 1. The molecule has 0 aromatic heterocycles. The van der Waals surface area contributed by atoms with E-state index in [-0.39, 0.29) is 0 Å². The number of nitrogens with zero attached hydrogens (tertiary/aromatic N) is 1. The van der Waals surface area contributed by atoms with E-state index in [1.807, 2.05) is 48.5 Å². The van der Waals surface area contributed by atoms with Gasteiger partial charge in [0.1, 0.15) is 0 Å². The molecule has 1 heterocycles. The average Bonchev–Trinajstić information content (AvgIpc) is 3.05. The number of nitrogens with one attached hydrogen (secondary N) is 1. The van der Waals surface area contributed by atoms with Crippen molar-refractivity contribution in [2.45, 2.75) is 32.6 Å². The van der Waals surface area contributed by atoms with E-state index in [0.29, 0.717) is 12.5 Å². The number of carbonyl (C=O) groups excluding carboxylic acids is 2. The van der Waals surface area contributed by atoms with Crippen molar-refractivity contribution >= 4 is 23.2 Å². The average molecular weight is 322 g/mol. The Labute approximate surface area is 142 Å². The molecule has 1 unspecified atom stereocenters. The van der Waals surface area contributed by atoms with Crippen molar-refractivity contribution < 1.29 is 9.59 Å². The minimum atomic E-state index is -0.581. The summed E-state index contributed by atoms with van der Waals surface area (Å²) in [5, 5.41) is 2.80. The molecule has 24 heavy (non-hydrogen) atoms. The van der Waals surface area contributed by atoms with Crippen LogP contribution < -0.4 is 10.2 Å². The van der Waals surface area contributed by atoms with E-state index in [1.165, 1.54) is 0 Å². The maximum atomic E-state index is 12.6. The van der Waals surface area contributed by atoms with Gasteiger partial charge in [-0.3, -0.25) is 9.59 Å². The van der Waals surface area contributed by atoms with Crippen molar-refractivity contribution in [2.24, 2.45) is 0 Å². The van der Waals surface area contributed by atoms with Crippen LogP contribution in [-0.4, -0.2) is 18.4 Å². The second kappa shape index (κ2) is 6.87. The van der Waals surface area contributed by atoms with Crippen molar-refractivity contribution in [3.05, 3.63) is 59.7 Å². The maximum absolute atomic E-state index is 12.6. The lowest BCUT2D eigenvalue weighted by atomic mass is 9.97. The monoisotopic (exact) mass is 322 g/mol. The van der Waals surface area contributed by atoms with Crippen LogP contribution >= 0.6 is 0 Å². The van der Waals surface area contributed by atoms with Gasteiger partial charge in [0.2, 0.25) is 0 Å². The highest BCUT2D eigenvalue weighted by Crippen LogP contribution is 2.29. The molecule has 0 fully saturated rings. The maximum Gasteiger partial charge on any atom is 0.316 e. The van der Waals surface area contributed by atoms with Gasteiger partial charge in [-0.25, -0.2) is 0 Å². The third kappa shape index (κ3) is 3.04. The van der Waals surface area contributed by atoms with Crippen molar-refractivity contribution in [3.8, 4) is 0 Å². The molecule has 2 aromatic rings. The molecule has 2 aromatic carbocycles. The molecule has 124 valence electrons. The van der Waals surface area contributed by atoms with E-state index in [9.17, 15) is 9.59 Å². The summed E-state index contributed by atoms with van der Waals surface area (Å²) >= 11 is 0. The molecule has 0 bridgehead atoms. The predicted octanol–water partition coefficient (Wildman–Crippen LogP) is 3.73. The number of hydrogen-bond acceptors (Lipinski definition) is 2. The Morgan fingerprint density at radius 3 is 2.62 bits per heavy atom. The van der Waals surface area contributed by atoms with Gasteiger partial charge in [-0.1, -0.05) is 50.2 Å². The summed E-state index contributed by atoms with van der Waals surface area (Å²) in [6, 6.07) is 15.4. The Bertz CT molecular complexity index is 770. The molecule has 1 N–H and O–H groups in total. The number of para-hydroxylation sites is 2. The highest BCUT2D eigenvalue weighted by atomic mass is 16.2. The van der Waals surface area contributed by atoms with Crippen molar-refractivity contribution in [1.82, 2.24) is 0 Å². The fourth-order valence-corrected chi connectivity index (χ4v) is 3.11. The number of hydrogen-bond donors (Lipinski definition) is 1. The molecule has 1 aliphatic heterocycles. The van der Waals surface area contributed by atoms with Gasteiger partial charge in [0.05, 0.1) is 0 Å². The SMILES string of the molecule is CCC(C)c1ccccc1NC(=O)C(=O)N1CCc2ccccc21. The molecular weight excluding hydrogens is 300 g/mol. The van der Waals surface area contributed by atoms with E-state index in [0.717, 1.165) is 35.3 Å². The molecule has 2 amide bonds. The zero-order valence-electron chi connectivity index (χ0n) is 14.1. The standard InChI is InChI=1S/C20H22N2O2/c1-3-14(2)16-9-5-6-10-17(16)21-19(23)20(24)22-13-12-15-8-4-7-11-18(15)22/h4-11,14H,3,12-13H2,1-2H3,(H,21,23). The lowest BCUT2D eigenvalue weighted by Crippen LogP contribution is -2.38. The fourth-order valence-electron chi connectivity index (χ4n) is 3.11. The van der Waals surface area contributed by atoms with Gasteiger partial charge in [-0.2, -0.15) is 0 Å². The highest BCUT2D eigenvalue weighted by Gasteiger charge is 2.29. The van der Waals surface area contributed by atoms with Crippen LogP contribution in [0.15, 0.2) is 48.5 Å². The summed E-state index contributed by atoms with van der Waals surface area (Å²) in [6.45, 7) is 4.78. The highest BCUT2D eigenvalue weighted by molar-refractivity contribution is 6.44.